The lowest BCUT2D eigenvalue weighted by atomic mass is 10.2. The number of hydrogen-bond acceptors (Lipinski definition) is 3. The van der Waals surface area contributed by atoms with Crippen LogP contribution in [0.3, 0.4) is 0 Å². The average Bonchev–Trinajstić information content (AvgIpc) is 2.98. The fourth-order valence-electron chi connectivity index (χ4n) is 2.69. The molecule has 2 aromatic rings. The Labute approximate surface area is 160 Å². The lowest BCUT2D eigenvalue weighted by Crippen LogP contribution is -2.22. The summed E-state index contributed by atoms with van der Waals surface area (Å²) in [5.41, 5.74) is 1.31. The summed E-state index contributed by atoms with van der Waals surface area (Å²) in [5, 5.41) is 6.13. The highest BCUT2D eigenvalue weighted by molar-refractivity contribution is 9.10. The molecule has 0 saturated carbocycles. The summed E-state index contributed by atoms with van der Waals surface area (Å²) in [6.07, 6.45) is 1.08. The third-order valence-corrected chi connectivity index (χ3v) is 4.96. The second-order valence-electron chi connectivity index (χ2n) is 5.99. The van der Waals surface area contributed by atoms with Crippen LogP contribution in [0.1, 0.15) is 6.42 Å². The van der Waals surface area contributed by atoms with E-state index in [1.807, 2.05) is 24.3 Å². The van der Waals surface area contributed by atoms with Gasteiger partial charge in [-0.1, -0.05) is 23.7 Å². The second kappa shape index (κ2) is 8.08. The minimum absolute atomic E-state index is 0.117. The Balaban J connectivity index is 1.65. The Hall–Kier alpha value is -1.76. The maximum atomic E-state index is 12.2. The van der Waals surface area contributed by atoms with Crippen molar-refractivity contribution in [2.45, 2.75) is 12.5 Å². The maximum absolute atomic E-state index is 12.2. The summed E-state index contributed by atoms with van der Waals surface area (Å²) < 4.78 is 6.80. The molecular weight excluding hydrogens is 406 g/mol. The van der Waals surface area contributed by atoms with E-state index in [1.165, 1.54) is 0 Å². The first-order chi connectivity index (χ1) is 12.0. The standard InChI is InChI=1S/C18H19BrClN3O2/c1-23-9-8-13(11-23)25-17-10-12(6-7-15(17)20)21-18(24)22-16-5-3-2-4-14(16)19/h2-7,10,13H,8-9,11H2,1H3,(H2,21,22,24)/t13-/m1/s1. The van der Waals surface area contributed by atoms with Crippen LogP contribution in [0.5, 0.6) is 5.75 Å². The summed E-state index contributed by atoms with van der Waals surface area (Å²) in [4.78, 5) is 14.4. The number of urea groups is 1. The van der Waals surface area contributed by atoms with Gasteiger partial charge in [-0.25, -0.2) is 4.79 Å². The molecule has 5 nitrogen and oxygen atoms in total. The van der Waals surface area contributed by atoms with Crippen molar-refractivity contribution in [3.63, 3.8) is 0 Å². The summed E-state index contributed by atoms with van der Waals surface area (Å²) in [7, 11) is 2.06. The number of carbonyl (C=O) groups is 1. The number of para-hydroxylation sites is 1. The number of carbonyl (C=O) groups excluding carboxylic acids is 1. The number of likely N-dealkylation sites (tertiary alicyclic amines) is 1. The van der Waals surface area contributed by atoms with Crippen molar-refractivity contribution >= 4 is 44.9 Å². The van der Waals surface area contributed by atoms with E-state index in [-0.39, 0.29) is 12.1 Å². The van der Waals surface area contributed by atoms with Gasteiger partial charge in [-0.2, -0.15) is 0 Å². The topological polar surface area (TPSA) is 53.6 Å². The van der Waals surface area contributed by atoms with E-state index in [4.69, 9.17) is 16.3 Å². The molecule has 0 unspecified atom stereocenters. The van der Waals surface area contributed by atoms with Crippen molar-refractivity contribution in [2.75, 3.05) is 30.8 Å². The van der Waals surface area contributed by atoms with Crippen molar-refractivity contribution in [3.8, 4) is 5.75 Å². The first kappa shape index (κ1) is 18.0. The van der Waals surface area contributed by atoms with E-state index in [1.54, 1.807) is 18.2 Å². The predicted octanol–water partition coefficient (Wildman–Crippen LogP) is 4.83. The van der Waals surface area contributed by atoms with E-state index in [2.05, 4.69) is 38.5 Å². The van der Waals surface area contributed by atoms with E-state index in [0.29, 0.717) is 22.1 Å². The van der Waals surface area contributed by atoms with Gasteiger partial charge >= 0.3 is 6.03 Å². The molecule has 7 heteroatoms. The Morgan fingerprint density at radius 2 is 2.08 bits per heavy atom. The van der Waals surface area contributed by atoms with Crippen LogP contribution in [0.4, 0.5) is 16.2 Å². The van der Waals surface area contributed by atoms with Gasteiger partial charge in [-0.3, -0.25) is 0 Å². The quantitative estimate of drug-likeness (QED) is 0.739. The molecule has 1 fully saturated rings. The molecule has 0 aliphatic carbocycles. The third-order valence-electron chi connectivity index (χ3n) is 3.95. The Morgan fingerprint density at radius 1 is 1.28 bits per heavy atom. The largest absolute Gasteiger partial charge is 0.487 e. The number of nitrogens with one attached hydrogen (secondary N) is 2. The number of rotatable bonds is 4. The smallest absolute Gasteiger partial charge is 0.323 e. The van der Waals surface area contributed by atoms with Gasteiger partial charge in [0, 0.05) is 29.3 Å². The van der Waals surface area contributed by atoms with Gasteiger partial charge in [0.1, 0.15) is 11.9 Å². The summed E-state index contributed by atoms with van der Waals surface area (Å²) in [5.74, 6) is 0.584. The van der Waals surface area contributed by atoms with Crippen LogP contribution >= 0.6 is 27.5 Å². The van der Waals surface area contributed by atoms with Crippen LogP contribution in [-0.2, 0) is 0 Å². The third kappa shape index (κ3) is 4.87. The number of amides is 2. The number of ether oxygens (including phenoxy) is 1. The Morgan fingerprint density at radius 3 is 2.80 bits per heavy atom. The molecule has 2 aromatic carbocycles. The van der Waals surface area contributed by atoms with Gasteiger partial charge in [0.05, 0.1) is 10.7 Å². The van der Waals surface area contributed by atoms with E-state index in [9.17, 15) is 4.79 Å². The lowest BCUT2D eigenvalue weighted by Gasteiger charge is -2.16. The summed E-state index contributed by atoms with van der Waals surface area (Å²) in [6, 6.07) is 12.3. The fourth-order valence-corrected chi connectivity index (χ4v) is 3.23. The molecular formula is C18H19BrClN3O2. The molecule has 0 spiro atoms. The number of hydrogen-bond donors (Lipinski definition) is 2. The van der Waals surface area contributed by atoms with Crippen molar-refractivity contribution in [1.82, 2.24) is 4.90 Å². The van der Waals surface area contributed by atoms with Crippen LogP contribution in [-0.4, -0.2) is 37.2 Å². The lowest BCUT2D eigenvalue weighted by molar-refractivity contribution is 0.208. The number of likely N-dealkylation sites (N-methyl/N-ethyl adjacent to an activating group) is 1. The molecule has 1 saturated heterocycles. The van der Waals surface area contributed by atoms with E-state index < -0.39 is 0 Å². The van der Waals surface area contributed by atoms with Gasteiger partial charge in [-0.15, -0.1) is 0 Å². The van der Waals surface area contributed by atoms with Crippen LogP contribution < -0.4 is 15.4 Å². The first-order valence-electron chi connectivity index (χ1n) is 7.98. The molecule has 25 heavy (non-hydrogen) atoms. The van der Waals surface area contributed by atoms with Crippen LogP contribution in [0.15, 0.2) is 46.9 Å². The van der Waals surface area contributed by atoms with Crippen molar-refractivity contribution < 1.29 is 9.53 Å². The molecule has 0 bridgehead atoms. The Kier molecular flexibility index (Phi) is 5.83. The zero-order valence-corrected chi connectivity index (χ0v) is 16.1. The minimum atomic E-state index is -0.333. The molecule has 1 aliphatic rings. The molecule has 0 aromatic heterocycles. The summed E-state index contributed by atoms with van der Waals surface area (Å²) in [6.45, 7) is 1.88. The highest BCUT2D eigenvalue weighted by Crippen LogP contribution is 2.30. The molecule has 2 amide bonds. The van der Waals surface area contributed by atoms with E-state index >= 15 is 0 Å². The molecule has 1 atom stereocenters. The van der Waals surface area contributed by atoms with Crippen molar-refractivity contribution in [2.24, 2.45) is 0 Å². The summed E-state index contributed by atoms with van der Waals surface area (Å²) >= 11 is 9.63. The molecule has 1 aliphatic heterocycles. The highest BCUT2D eigenvalue weighted by atomic mass is 79.9. The average molecular weight is 425 g/mol. The number of anilines is 2. The molecule has 0 radical (unpaired) electrons. The van der Waals surface area contributed by atoms with Gasteiger partial charge in [0.15, 0.2) is 0 Å². The predicted molar refractivity (Wildman–Crippen MR) is 105 cm³/mol. The number of benzene rings is 2. The normalized spacial score (nSPS) is 17.3. The minimum Gasteiger partial charge on any atom is -0.487 e. The maximum Gasteiger partial charge on any atom is 0.323 e. The fraction of sp³-hybridized carbons (Fsp3) is 0.278. The van der Waals surface area contributed by atoms with E-state index in [0.717, 1.165) is 24.0 Å². The van der Waals surface area contributed by atoms with Crippen LogP contribution in [0, 0.1) is 0 Å². The van der Waals surface area contributed by atoms with Gasteiger partial charge in [0.2, 0.25) is 0 Å². The van der Waals surface area contributed by atoms with Gasteiger partial charge < -0.3 is 20.3 Å². The SMILES string of the molecule is CN1CC[C@@H](Oc2cc(NC(=O)Nc3ccccc3Br)ccc2Cl)C1. The molecule has 2 N–H and O–H groups in total. The second-order valence-corrected chi connectivity index (χ2v) is 7.26. The molecule has 3 rings (SSSR count). The van der Waals surface area contributed by atoms with Crippen molar-refractivity contribution in [3.05, 3.63) is 52.0 Å². The number of halogens is 2. The van der Waals surface area contributed by atoms with Crippen LogP contribution in [0.25, 0.3) is 0 Å². The first-order valence-corrected chi connectivity index (χ1v) is 9.15. The van der Waals surface area contributed by atoms with Gasteiger partial charge in [0.25, 0.3) is 0 Å². The molecule has 132 valence electrons. The van der Waals surface area contributed by atoms with Crippen molar-refractivity contribution in [1.29, 1.82) is 0 Å². The zero-order chi connectivity index (χ0) is 17.8. The van der Waals surface area contributed by atoms with Gasteiger partial charge in [-0.05, 0) is 53.7 Å². The number of nitrogens with zero attached hydrogens (tertiary/aromatic N) is 1. The monoisotopic (exact) mass is 423 g/mol. The molecule has 1 heterocycles. The van der Waals surface area contributed by atoms with Crippen LogP contribution in [0.2, 0.25) is 5.02 Å². The zero-order valence-electron chi connectivity index (χ0n) is 13.8. The Bertz CT molecular complexity index is 772. The highest BCUT2D eigenvalue weighted by Gasteiger charge is 2.22.